The van der Waals surface area contributed by atoms with E-state index in [-0.39, 0.29) is 17.8 Å². The second-order valence-corrected chi connectivity index (χ2v) is 5.95. The SMILES string of the molecule is NCCCOC1CCN(C(=O)c2cc(-c3ccccc3)no2)CC1. The molecule has 0 aliphatic carbocycles. The summed E-state index contributed by atoms with van der Waals surface area (Å²) in [5, 5.41) is 4.01. The molecule has 1 aromatic carbocycles. The second-order valence-electron chi connectivity index (χ2n) is 5.95. The number of nitrogens with two attached hydrogens (primary N) is 1. The first-order valence-corrected chi connectivity index (χ1v) is 8.41. The molecule has 2 heterocycles. The molecule has 24 heavy (non-hydrogen) atoms. The Morgan fingerprint density at radius 3 is 2.75 bits per heavy atom. The molecule has 2 N–H and O–H groups in total. The predicted molar refractivity (Wildman–Crippen MR) is 90.5 cm³/mol. The number of nitrogens with zero attached hydrogens (tertiary/aromatic N) is 2. The molecule has 0 spiro atoms. The highest BCUT2D eigenvalue weighted by Crippen LogP contribution is 2.21. The van der Waals surface area contributed by atoms with Gasteiger partial charge in [-0.3, -0.25) is 4.79 Å². The van der Waals surface area contributed by atoms with Gasteiger partial charge in [0.05, 0.1) is 6.10 Å². The van der Waals surface area contributed by atoms with Crippen molar-refractivity contribution in [3.05, 3.63) is 42.2 Å². The molecule has 1 fully saturated rings. The van der Waals surface area contributed by atoms with Crippen LogP contribution in [0.5, 0.6) is 0 Å². The van der Waals surface area contributed by atoms with Gasteiger partial charge in [0.1, 0.15) is 5.69 Å². The molecular formula is C18H23N3O3. The first kappa shape index (κ1) is 16.7. The highest BCUT2D eigenvalue weighted by molar-refractivity contribution is 5.92. The molecule has 0 atom stereocenters. The smallest absolute Gasteiger partial charge is 0.292 e. The lowest BCUT2D eigenvalue weighted by molar-refractivity contribution is 0.00744. The zero-order valence-electron chi connectivity index (χ0n) is 13.7. The van der Waals surface area contributed by atoms with Crippen molar-refractivity contribution in [1.82, 2.24) is 10.1 Å². The van der Waals surface area contributed by atoms with E-state index in [4.69, 9.17) is 15.0 Å². The molecule has 0 saturated carbocycles. The Morgan fingerprint density at radius 2 is 2.04 bits per heavy atom. The van der Waals surface area contributed by atoms with Crippen molar-refractivity contribution < 1.29 is 14.1 Å². The Hall–Kier alpha value is -2.18. The van der Waals surface area contributed by atoms with Gasteiger partial charge in [-0.1, -0.05) is 35.5 Å². The number of aromatic nitrogens is 1. The summed E-state index contributed by atoms with van der Waals surface area (Å²) in [6, 6.07) is 11.4. The van der Waals surface area contributed by atoms with Crippen LogP contribution in [-0.4, -0.2) is 48.3 Å². The number of hydrogen-bond acceptors (Lipinski definition) is 5. The van der Waals surface area contributed by atoms with E-state index in [1.165, 1.54) is 0 Å². The van der Waals surface area contributed by atoms with Crippen molar-refractivity contribution >= 4 is 5.91 Å². The van der Waals surface area contributed by atoms with Gasteiger partial charge < -0.3 is 19.9 Å². The van der Waals surface area contributed by atoms with Gasteiger partial charge in [0.2, 0.25) is 5.76 Å². The Labute approximate surface area is 141 Å². The maximum absolute atomic E-state index is 12.5. The van der Waals surface area contributed by atoms with E-state index in [0.717, 1.165) is 24.8 Å². The number of benzene rings is 1. The van der Waals surface area contributed by atoms with Crippen molar-refractivity contribution in [2.75, 3.05) is 26.2 Å². The average molecular weight is 329 g/mol. The number of hydrogen-bond donors (Lipinski definition) is 1. The molecule has 2 aromatic rings. The van der Waals surface area contributed by atoms with Gasteiger partial charge in [0, 0.05) is 31.3 Å². The largest absolute Gasteiger partial charge is 0.378 e. The van der Waals surface area contributed by atoms with Gasteiger partial charge in [-0.05, 0) is 25.8 Å². The maximum Gasteiger partial charge on any atom is 0.292 e. The number of carbonyl (C=O) groups excluding carboxylic acids is 1. The van der Waals surface area contributed by atoms with Crippen LogP contribution in [0.15, 0.2) is 40.9 Å². The van der Waals surface area contributed by atoms with Crippen LogP contribution in [0.25, 0.3) is 11.3 Å². The predicted octanol–water partition coefficient (Wildman–Crippen LogP) is 2.31. The fourth-order valence-corrected chi connectivity index (χ4v) is 2.84. The summed E-state index contributed by atoms with van der Waals surface area (Å²) >= 11 is 0. The summed E-state index contributed by atoms with van der Waals surface area (Å²) in [6.45, 7) is 2.69. The molecule has 6 nitrogen and oxygen atoms in total. The quantitative estimate of drug-likeness (QED) is 0.823. The van der Waals surface area contributed by atoms with Crippen LogP contribution >= 0.6 is 0 Å². The number of rotatable bonds is 6. The molecule has 1 amide bonds. The molecule has 1 saturated heterocycles. The zero-order chi connectivity index (χ0) is 16.8. The molecule has 1 aliphatic heterocycles. The lowest BCUT2D eigenvalue weighted by atomic mass is 10.1. The molecule has 0 unspecified atom stereocenters. The normalized spacial score (nSPS) is 15.6. The summed E-state index contributed by atoms with van der Waals surface area (Å²) in [4.78, 5) is 14.3. The maximum atomic E-state index is 12.5. The number of amides is 1. The molecule has 0 bridgehead atoms. The number of piperidine rings is 1. The number of carbonyl (C=O) groups is 1. The highest BCUT2D eigenvalue weighted by atomic mass is 16.5. The Bertz CT molecular complexity index is 649. The monoisotopic (exact) mass is 329 g/mol. The van der Waals surface area contributed by atoms with Crippen LogP contribution < -0.4 is 5.73 Å². The Morgan fingerprint density at radius 1 is 1.29 bits per heavy atom. The highest BCUT2D eigenvalue weighted by Gasteiger charge is 2.26. The van der Waals surface area contributed by atoms with E-state index >= 15 is 0 Å². The number of likely N-dealkylation sites (tertiary alicyclic amines) is 1. The van der Waals surface area contributed by atoms with Crippen LogP contribution in [0.3, 0.4) is 0 Å². The third-order valence-corrected chi connectivity index (χ3v) is 4.22. The lowest BCUT2D eigenvalue weighted by Gasteiger charge is -2.31. The summed E-state index contributed by atoms with van der Waals surface area (Å²) in [5.74, 6) is 0.182. The second kappa shape index (κ2) is 8.08. The molecule has 1 aromatic heterocycles. The molecular weight excluding hydrogens is 306 g/mol. The van der Waals surface area contributed by atoms with Gasteiger partial charge in [-0.2, -0.15) is 0 Å². The fourth-order valence-electron chi connectivity index (χ4n) is 2.84. The lowest BCUT2D eigenvalue weighted by Crippen LogP contribution is -2.40. The summed E-state index contributed by atoms with van der Waals surface area (Å²) in [7, 11) is 0. The van der Waals surface area contributed by atoms with Crippen molar-refractivity contribution in [2.45, 2.75) is 25.4 Å². The van der Waals surface area contributed by atoms with Crippen LogP contribution in [0.1, 0.15) is 29.8 Å². The van der Waals surface area contributed by atoms with Crippen molar-refractivity contribution in [3.63, 3.8) is 0 Å². The summed E-state index contributed by atoms with van der Waals surface area (Å²) in [6.07, 6.45) is 2.78. The molecule has 6 heteroatoms. The summed E-state index contributed by atoms with van der Waals surface area (Å²) < 4.78 is 11.0. The van der Waals surface area contributed by atoms with E-state index in [1.54, 1.807) is 11.0 Å². The van der Waals surface area contributed by atoms with Crippen molar-refractivity contribution in [1.29, 1.82) is 0 Å². The van der Waals surface area contributed by atoms with Crippen molar-refractivity contribution in [2.24, 2.45) is 5.73 Å². The molecule has 128 valence electrons. The minimum Gasteiger partial charge on any atom is -0.378 e. The van der Waals surface area contributed by atoms with E-state index in [2.05, 4.69) is 5.16 Å². The van der Waals surface area contributed by atoms with Gasteiger partial charge in [0.25, 0.3) is 5.91 Å². The fraction of sp³-hybridized carbons (Fsp3) is 0.444. The van der Waals surface area contributed by atoms with Crippen LogP contribution in [0.4, 0.5) is 0 Å². The van der Waals surface area contributed by atoms with Gasteiger partial charge in [-0.15, -0.1) is 0 Å². The molecule has 3 rings (SSSR count). The summed E-state index contributed by atoms with van der Waals surface area (Å²) in [5.41, 5.74) is 7.08. The molecule has 1 aliphatic rings. The van der Waals surface area contributed by atoms with E-state index in [0.29, 0.717) is 31.9 Å². The topological polar surface area (TPSA) is 81.6 Å². The van der Waals surface area contributed by atoms with Gasteiger partial charge in [0.15, 0.2) is 0 Å². The van der Waals surface area contributed by atoms with Crippen LogP contribution in [0.2, 0.25) is 0 Å². The van der Waals surface area contributed by atoms with E-state index in [1.807, 2.05) is 30.3 Å². The first-order valence-electron chi connectivity index (χ1n) is 8.41. The van der Waals surface area contributed by atoms with Gasteiger partial charge in [-0.25, -0.2) is 0 Å². The van der Waals surface area contributed by atoms with Crippen LogP contribution in [0, 0.1) is 0 Å². The Kier molecular flexibility index (Phi) is 5.61. The van der Waals surface area contributed by atoms with Crippen molar-refractivity contribution in [3.8, 4) is 11.3 Å². The zero-order valence-corrected chi connectivity index (χ0v) is 13.7. The van der Waals surface area contributed by atoms with Crippen LogP contribution in [-0.2, 0) is 4.74 Å². The number of ether oxygens (including phenoxy) is 1. The van der Waals surface area contributed by atoms with E-state index < -0.39 is 0 Å². The Balaban J connectivity index is 1.55. The van der Waals surface area contributed by atoms with Gasteiger partial charge >= 0.3 is 0 Å². The average Bonchev–Trinajstić information content (AvgIpc) is 3.13. The molecule has 0 radical (unpaired) electrons. The van der Waals surface area contributed by atoms with E-state index in [9.17, 15) is 4.79 Å². The third kappa shape index (κ3) is 4.01. The standard InChI is InChI=1S/C18H23N3O3/c19-9-4-12-23-15-7-10-21(11-8-15)18(22)17-13-16(20-24-17)14-5-2-1-3-6-14/h1-3,5-6,13,15H,4,7-12,19H2. The minimum atomic E-state index is -0.106. The first-order chi connectivity index (χ1) is 11.8. The third-order valence-electron chi connectivity index (χ3n) is 4.22. The minimum absolute atomic E-state index is 0.106.